The Labute approximate surface area is 191 Å². The number of rotatable bonds is 13. The summed E-state index contributed by atoms with van der Waals surface area (Å²) in [6, 6.07) is 19.0. The van der Waals surface area contributed by atoms with Gasteiger partial charge < -0.3 is 14.0 Å². The molecule has 2 aromatic rings. The monoisotopic (exact) mass is 426 g/mol. The van der Waals surface area contributed by atoms with Crippen LogP contribution in [-0.4, -0.2) is 43.9 Å². The molecule has 2 aromatic carbocycles. The van der Waals surface area contributed by atoms with E-state index >= 15 is 0 Å². The van der Waals surface area contributed by atoms with Crippen LogP contribution in [0.1, 0.15) is 51.7 Å². The number of quaternary nitrogens is 1. The Kier molecular flexibility index (Phi) is 9.58. The van der Waals surface area contributed by atoms with Crippen LogP contribution in [-0.2, 0) is 11.3 Å². The van der Waals surface area contributed by atoms with Gasteiger partial charge in [0, 0.05) is 5.56 Å². The maximum Gasteiger partial charge on any atom is 0.122 e. The van der Waals surface area contributed by atoms with Crippen LogP contribution >= 0.6 is 0 Å². The highest BCUT2D eigenvalue weighted by molar-refractivity contribution is 5.31. The lowest BCUT2D eigenvalue weighted by Crippen LogP contribution is -2.46. The Morgan fingerprint density at radius 3 is 2.00 bits per heavy atom. The fourth-order valence-electron chi connectivity index (χ4n) is 4.44. The van der Waals surface area contributed by atoms with Gasteiger partial charge in [-0.2, -0.15) is 0 Å². The van der Waals surface area contributed by atoms with Crippen molar-refractivity contribution in [3.8, 4) is 5.75 Å². The molecular weight excluding hydrogens is 382 g/mol. The minimum absolute atomic E-state index is 0.267. The van der Waals surface area contributed by atoms with Crippen molar-refractivity contribution < 1.29 is 14.0 Å². The lowest BCUT2D eigenvalue weighted by atomic mass is 9.85. The first-order valence-electron chi connectivity index (χ1n) is 11.8. The second-order valence-corrected chi connectivity index (χ2v) is 10.6. The second-order valence-electron chi connectivity index (χ2n) is 10.6. The quantitative estimate of drug-likeness (QED) is 0.340. The molecule has 0 aliphatic heterocycles. The van der Waals surface area contributed by atoms with Gasteiger partial charge in [-0.15, -0.1) is 0 Å². The van der Waals surface area contributed by atoms with Crippen molar-refractivity contribution in [1.82, 2.24) is 0 Å². The van der Waals surface area contributed by atoms with Crippen molar-refractivity contribution in [3.05, 3.63) is 65.7 Å². The molecule has 3 heteroatoms. The third-order valence-electron chi connectivity index (χ3n) is 5.70. The van der Waals surface area contributed by atoms with E-state index in [1.165, 1.54) is 11.1 Å². The van der Waals surface area contributed by atoms with Crippen molar-refractivity contribution >= 4 is 0 Å². The van der Waals surface area contributed by atoms with Gasteiger partial charge in [0.2, 0.25) is 0 Å². The molecule has 0 aliphatic carbocycles. The van der Waals surface area contributed by atoms with Crippen LogP contribution in [0.25, 0.3) is 0 Å². The molecule has 0 spiro atoms. The Morgan fingerprint density at radius 1 is 0.839 bits per heavy atom. The standard InChI is InChI=1S/C28H44NO2/c1-23(2)19-28(20-24(3)4,22-30-27-16-12-11-13-25(27)5)31-18-17-29(6,7)21-26-14-9-8-10-15-26/h8-16,23-24H,17-22H2,1-7H3/q+1. The maximum atomic E-state index is 6.75. The van der Waals surface area contributed by atoms with E-state index in [4.69, 9.17) is 9.47 Å². The fraction of sp³-hybridized carbons (Fsp3) is 0.571. The molecule has 0 fully saturated rings. The van der Waals surface area contributed by atoms with E-state index in [-0.39, 0.29) is 5.60 Å². The van der Waals surface area contributed by atoms with Gasteiger partial charge in [-0.25, -0.2) is 0 Å². The molecule has 0 saturated heterocycles. The largest absolute Gasteiger partial charge is 0.490 e. The molecule has 31 heavy (non-hydrogen) atoms. The molecular formula is C28H44NO2+. The summed E-state index contributed by atoms with van der Waals surface area (Å²) in [5, 5.41) is 0. The molecule has 0 saturated carbocycles. The van der Waals surface area contributed by atoms with Gasteiger partial charge in [0.15, 0.2) is 0 Å². The predicted octanol–water partition coefficient (Wildman–Crippen LogP) is 6.50. The number of aryl methyl sites for hydroxylation is 1. The Hall–Kier alpha value is -1.84. The van der Waals surface area contributed by atoms with Gasteiger partial charge in [0.1, 0.15) is 31.0 Å². The molecule has 0 amide bonds. The molecule has 0 heterocycles. The maximum absolute atomic E-state index is 6.75. The van der Waals surface area contributed by atoms with Crippen LogP contribution < -0.4 is 4.74 Å². The highest BCUT2D eigenvalue weighted by atomic mass is 16.5. The summed E-state index contributed by atoms with van der Waals surface area (Å²) in [6.45, 7) is 14.5. The number of para-hydroxylation sites is 1. The minimum atomic E-state index is -0.267. The number of nitrogens with zero attached hydrogens (tertiary/aromatic N) is 1. The summed E-state index contributed by atoms with van der Waals surface area (Å²) in [4.78, 5) is 0. The van der Waals surface area contributed by atoms with Gasteiger partial charge in [0.25, 0.3) is 0 Å². The summed E-state index contributed by atoms with van der Waals surface area (Å²) in [5.74, 6) is 2.06. The number of benzene rings is 2. The van der Waals surface area contributed by atoms with Crippen LogP contribution in [0.2, 0.25) is 0 Å². The molecule has 0 aromatic heterocycles. The predicted molar refractivity (Wildman–Crippen MR) is 131 cm³/mol. The average Bonchev–Trinajstić information content (AvgIpc) is 2.66. The Bertz CT molecular complexity index is 758. The minimum Gasteiger partial charge on any atom is -0.490 e. The molecule has 0 bridgehead atoms. The highest BCUT2D eigenvalue weighted by Gasteiger charge is 2.35. The van der Waals surface area contributed by atoms with Crippen molar-refractivity contribution in [1.29, 1.82) is 0 Å². The van der Waals surface area contributed by atoms with E-state index in [9.17, 15) is 0 Å². The summed E-state index contributed by atoms with van der Waals surface area (Å²) in [7, 11) is 4.57. The third-order valence-corrected chi connectivity index (χ3v) is 5.70. The Morgan fingerprint density at radius 2 is 1.42 bits per heavy atom. The molecule has 3 nitrogen and oxygen atoms in total. The molecule has 2 rings (SSSR count). The second kappa shape index (κ2) is 11.7. The van der Waals surface area contributed by atoms with Gasteiger partial charge in [-0.1, -0.05) is 76.2 Å². The summed E-state index contributed by atoms with van der Waals surface area (Å²) in [5.41, 5.74) is 2.27. The van der Waals surface area contributed by atoms with E-state index in [0.29, 0.717) is 18.4 Å². The van der Waals surface area contributed by atoms with Gasteiger partial charge >= 0.3 is 0 Å². The lowest BCUT2D eigenvalue weighted by molar-refractivity contribution is -0.904. The average molecular weight is 427 g/mol. The zero-order valence-corrected chi connectivity index (χ0v) is 20.9. The van der Waals surface area contributed by atoms with Crippen LogP contribution in [0.4, 0.5) is 0 Å². The molecule has 172 valence electrons. The smallest absolute Gasteiger partial charge is 0.122 e. The molecule has 0 radical (unpaired) electrons. The first-order chi connectivity index (χ1) is 14.6. The normalized spacial score (nSPS) is 12.5. The van der Waals surface area contributed by atoms with Crippen LogP contribution in [0.3, 0.4) is 0 Å². The van der Waals surface area contributed by atoms with Crippen molar-refractivity contribution in [2.24, 2.45) is 11.8 Å². The van der Waals surface area contributed by atoms with Crippen molar-refractivity contribution in [2.45, 2.75) is 59.6 Å². The fourth-order valence-corrected chi connectivity index (χ4v) is 4.44. The summed E-state index contributed by atoms with van der Waals surface area (Å²) >= 11 is 0. The van der Waals surface area contributed by atoms with E-state index in [2.05, 4.69) is 97.2 Å². The van der Waals surface area contributed by atoms with Gasteiger partial charge in [0.05, 0.1) is 20.7 Å². The zero-order valence-electron chi connectivity index (χ0n) is 20.9. The Balaban J connectivity index is 2.08. The molecule has 0 atom stereocenters. The number of likely N-dealkylation sites (N-methyl/N-ethyl adjacent to an activating group) is 1. The number of ether oxygens (including phenoxy) is 2. The summed E-state index contributed by atoms with van der Waals surface area (Å²) in [6.07, 6.45) is 2.01. The van der Waals surface area contributed by atoms with E-state index < -0.39 is 0 Å². The molecule has 0 unspecified atom stereocenters. The lowest BCUT2D eigenvalue weighted by Gasteiger charge is -2.38. The zero-order chi connectivity index (χ0) is 22.9. The van der Waals surface area contributed by atoms with Crippen LogP contribution in [0.5, 0.6) is 5.75 Å². The van der Waals surface area contributed by atoms with E-state index in [1.807, 2.05) is 6.07 Å². The highest BCUT2D eigenvalue weighted by Crippen LogP contribution is 2.31. The van der Waals surface area contributed by atoms with Crippen LogP contribution in [0, 0.1) is 18.8 Å². The SMILES string of the molecule is Cc1ccccc1OCC(CC(C)C)(CC(C)C)OCC[N+](C)(C)Cc1ccccc1. The van der Waals surface area contributed by atoms with Crippen LogP contribution in [0.15, 0.2) is 54.6 Å². The first kappa shape index (κ1) is 25.4. The number of hydrogen-bond acceptors (Lipinski definition) is 2. The van der Waals surface area contributed by atoms with Gasteiger partial charge in [-0.3, -0.25) is 0 Å². The van der Waals surface area contributed by atoms with Crippen molar-refractivity contribution in [2.75, 3.05) is 33.9 Å². The van der Waals surface area contributed by atoms with E-state index in [1.54, 1.807) is 0 Å². The third kappa shape index (κ3) is 9.04. The first-order valence-corrected chi connectivity index (χ1v) is 11.8. The molecule has 0 N–H and O–H groups in total. The van der Waals surface area contributed by atoms with E-state index in [0.717, 1.165) is 42.8 Å². The molecule has 0 aliphatic rings. The topological polar surface area (TPSA) is 18.5 Å². The van der Waals surface area contributed by atoms with Crippen molar-refractivity contribution in [3.63, 3.8) is 0 Å². The van der Waals surface area contributed by atoms with Gasteiger partial charge in [-0.05, 0) is 43.2 Å². The number of hydrogen-bond donors (Lipinski definition) is 0. The summed E-state index contributed by atoms with van der Waals surface area (Å²) < 4.78 is 14.0.